The highest BCUT2D eigenvalue weighted by molar-refractivity contribution is 9.10. The van der Waals surface area contributed by atoms with E-state index in [-0.39, 0.29) is 0 Å². The van der Waals surface area contributed by atoms with E-state index >= 15 is 0 Å². The Labute approximate surface area is 111 Å². The maximum Gasteiger partial charge on any atom is 0.167 e. The molecule has 17 heavy (non-hydrogen) atoms. The van der Waals surface area contributed by atoms with Gasteiger partial charge in [0.2, 0.25) is 0 Å². The van der Waals surface area contributed by atoms with Gasteiger partial charge in [0, 0.05) is 16.1 Å². The molecule has 2 rings (SSSR count). The normalized spacial score (nSPS) is 19.4. The summed E-state index contributed by atoms with van der Waals surface area (Å²) < 4.78 is 12.2. The Bertz CT molecular complexity index is 389. The molecule has 0 spiro atoms. The van der Waals surface area contributed by atoms with Crippen molar-refractivity contribution >= 4 is 15.9 Å². The summed E-state index contributed by atoms with van der Waals surface area (Å²) in [4.78, 5) is 0. The zero-order chi connectivity index (χ0) is 12.3. The molecule has 1 aliphatic heterocycles. The molecule has 1 fully saturated rings. The fourth-order valence-electron chi connectivity index (χ4n) is 2.27. The van der Waals surface area contributed by atoms with E-state index in [0.29, 0.717) is 12.6 Å². The highest BCUT2D eigenvalue weighted by atomic mass is 79.9. The van der Waals surface area contributed by atoms with E-state index in [4.69, 9.17) is 9.47 Å². The van der Waals surface area contributed by atoms with Crippen LogP contribution in [0.5, 0.6) is 11.5 Å². The van der Waals surface area contributed by atoms with Gasteiger partial charge in [0.25, 0.3) is 0 Å². The number of halogens is 1. The van der Waals surface area contributed by atoms with E-state index in [9.17, 15) is 0 Å². The molecule has 0 amide bonds. The van der Waals surface area contributed by atoms with Crippen molar-refractivity contribution in [1.82, 2.24) is 5.32 Å². The number of methoxy groups -OCH3 is 1. The third-order valence-corrected chi connectivity index (χ3v) is 3.72. The minimum Gasteiger partial charge on any atom is -0.493 e. The van der Waals surface area contributed by atoms with Gasteiger partial charge in [0.05, 0.1) is 13.7 Å². The van der Waals surface area contributed by atoms with Crippen molar-refractivity contribution in [3.63, 3.8) is 0 Å². The maximum atomic E-state index is 5.76. The van der Waals surface area contributed by atoms with Crippen LogP contribution >= 0.6 is 15.9 Å². The molecule has 0 radical (unpaired) electrons. The molecule has 0 aliphatic carbocycles. The molecule has 1 saturated heterocycles. The summed E-state index contributed by atoms with van der Waals surface area (Å²) in [6, 6.07) is 4.32. The molecular weight excluding hydrogens is 282 g/mol. The van der Waals surface area contributed by atoms with Crippen molar-refractivity contribution < 1.29 is 9.47 Å². The lowest BCUT2D eigenvalue weighted by atomic mass is 10.0. The summed E-state index contributed by atoms with van der Waals surface area (Å²) in [6.07, 6.45) is 2.35. The quantitative estimate of drug-likeness (QED) is 0.925. The van der Waals surface area contributed by atoms with Crippen molar-refractivity contribution in [3.05, 3.63) is 22.2 Å². The molecule has 0 aromatic heterocycles. The van der Waals surface area contributed by atoms with Crippen molar-refractivity contribution in [2.45, 2.75) is 25.8 Å². The first-order valence-electron chi connectivity index (χ1n) is 6.00. The second kappa shape index (κ2) is 5.74. The Kier molecular flexibility index (Phi) is 4.29. The molecule has 1 N–H and O–H groups in total. The SMILES string of the molecule is CCOc1c(OC)ccc(Br)c1C1CCCN1. The van der Waals surface area contributed by atoms with E-state index in [1.807, 2.05) is 19.1 Å². The second-order valence-corrected chi connectivity index (χ2v) is 4.93. The number of hydrogen-bond donors (Lipinski definition) is 1. The van der Waals surface area contributed by atoms with Crippen LogP contribution in [0.1, 0.15) is 31.4 Å². The average molecular weight is 300 g/mol. The standard InChI is InChI=1S/C13H18BrNO2/c1-3-17-13-11(16-2)7-6-9(14)12(13)10-5-4-8-15-10/h6-7,10,15H,3-5,8H2,1-2H3. The minimum atomic E-state index is 0.362. The van der Waals surface area contributed by atoms with Gasteiger partial charge in [0.1, 0.15) is 0 Å². The molecule has 1 atom stereocenters. The first-order chi connectivity index (χ1) is 8.27. The largest absolute Gasteiger partial charge is 0.493 e. The second-order valence-electron chi connectivity index (χ2n) is 4.07. The van der Waals surface area contributed by atoms with Crippen LogP contribution in [0.4, 0.5) is 0 Å². The van der Waals surface area contributed by atoms with Gasteiger partial charge in [-0.15, -0.1) is 0 Å². The molecule has 0 saturated carbocycles. The molecule has 1 aromatic rings. The summed E-state index contributed by atoms with van der Waals surface area (Å²) in [5.41, 5.74) is 1.18. The van der Waals surface area contributed by atoms with Gasteiger partial charge in [-0.1, -0.05) is 15.9 Å². The zero-order valence-electron chi connectivity index (χ0n) is 10.3. The number of nitrogens with one attached hydrogen (secondary N) is 1. The number of hydrogen-bond acceptors (Lipinski definition) is 3. The van der Waals surface area contributed by atoms with Crippen molar-refractivity contribution in [3.8, 4) is 11.5 Å². The minimum absolute atomic E-state index is 0.362. The fourth-order valence-corrected chi connectivity index (χ4v) is 2.85. The van der Waals surface area contributed by atoms with Gasteiger partial charge < -0.3 is 14.8 Å². The summed E-state index contributed by atoms with van der Waals surface area (Å²) >= 11 is 3.61. The van der Waals surface area contributed by atoms with Crippen LogP contribution in [-0.2, 0) is 0 Å². The lowest BCUT2D eigenvalue weighted by molar-refractivity contribution is 0.304. The molecule has 1 heterocycles. The average Bonchev–Trinajstić information content (AvgIpc) is 2.83. The monoisotopic (exact) mass is 299 g/mol. The van der Waals surface area contributed by atoms with Crippen molar-refractivity contribution in [2.24, 2.45) is 0 Å². The van der Waals surface area contributed by atoms with Crippen LogP contribution in [0.3, 0.4) is 0 Å². The molecular formula is C13H18BrNO2. The highest BCUT2D eigenvalue weighted by Gasteiger charge is 2.24. The van der Waals surface area contributed by atoms with Crippen LogP contribution < -0.4 is 14.8 Å². The third-order valence-electron chi connectivity index (χ3n) is 3.02. The predicted octanol–water partition coefficient (Wildman–Crippen LogP) is 3.28. The van der Waals surface area contributed by atoms with E-state index in [2.05, 4.69) is 21.2 Å². The number of benzene rings is 1. The van der Waals surface area contributed by atoms with E-state index in [1.54, 1.807) is 7.11 Å². The Morgan fingerprint density at radius 1 is 1.47 bits per heavy atom. The predicted molar refractivity (Wildman–Crippen MR) is 71.8 cm³/mol. The van der Waals surface area contributed by atoms with Crippen LogP contribution in [0.2, 0.25) is 0 Å². The summed E-state index contributed by atoms with van der Waals surface area (Å²) in [5.74, 6) is 1.67. The fraction of sp³-hybridized carbons (Fsp3) is 0.538. The molecule has 1 aromatic carbocycles. The van der Waals surface area contributed by atoms with Gasteiger partial charge >= 0.3 is 0 Å². The Hall–Kier alpha value is -0.740. The van der Waals surface area contributed by atoms with Crippen molar-refractivity contribution in [1.29, 1.82) is 0 Å². The van der Waals surface area contributed by atoms with Crippen LogP contribution in [0, 0.1) is 0 Å². The molecule has 1 unspecified atom stereocenters. The number of rotatable bonds is 4. The maximum absolute atomic E-state index is 5.76. The van der Waals surface area contributed by atoms with E-state index < -0.39 is 0 Å². The van der Waals surface area contributed by atoms with Gasteiger partial charge in [0.15, 0.2) is 11.5 Å². The topological polar surface area (TPSA) is 30.5 Å². The highest BCUT2D eigenvalue weighted by Crippen LogP contribution is 2.42. The summed E-state index contributed by atoms with van der Waals surface area (Å²) in [7, 11) is 1.68. The van der Waals surface area contributed by atoms with Crippen LogP contribution in [0.25, 0.3) is 0 Å². The van der Waals surface area contributed by atoms with E-state index in [0.717, 1.165) is 28.9 Å². The van der Waals surface area contributed by atoms with Gasteiger partial charge in [-0.05, 0) is 38.4 Å². The Balaban J connectivity index is 2.44. The summed E-state index contributed by atoms with van der Waals surface area (Å²) in [5, 5.41) is 3.50. The van der Waals surface area contributed by atoms with Crippen LogP contribution in [-0.4, -0.2) is 20.3 Å². The first kappa shape index (κ1) is 12.7. The Morgan fingerprint density at radius 3 is 2.88 bits per heavy atom. The van der Waals surface area contributed by atoms with Crippen molar-refractivity contribution in [2.75, 3.05) is 20.3 Å². The zero-order valence-corrected chi connectivity index (χ0v) is 11.8. The van der Waals surface area contributed by atoms with Gasteiger partial charge in [-0.2, -0.15) is 0 Å². The Morgan fingerprint density at radius 2 is 2.29 bits per heavy atom. The number of ether oxygens (including phenoxy) is 2. The third kappa shape index (κ3) is 2.58. The van der Waals surface area contributed by atoms with Crippen LogP contribution in [0.15, 0.2) is 16.6 Å². The van der Waals surface area contributed by atoms with Gasteiger partial charge in [-0.3, -0.25) is 0 Å². The lowest BCUT2D eigenvalue weighted by Gasteiger charge is -2.20. The molecule has 4 heteroatoms. The summed E-state index contributed by atoms with van der Waals surface area (Å²) in [6.45, 7) is 3.71. The molecule has 94 valence electrons. The molecule has 0 bridgehead atoms. The molecule has 3 nitrogen and oxygen atoms in total. The first-order valence-corrected chi connectivity index (χ1v) is 6.79. The molecule has 1 aliphatic rings. The lowest BCUT2D eigenvalue weighted by Crippen LogP contribution is -2.15. The van der Waals surface area contributed by atoms with Gasteiger partial charge in [-0.25, -0.2) is 0 Å². The van der Waals surface area contributed by atoms with E-state index in [1.165, 1.54) is 12.0 Å². The smallest absolute Gasteiger partial charge is 0.167 e.